The maximum atomic E-state index is 14.1. The summed E-state index contributed by atoms with van der Waals surface area (Å²) in [6.45, 7) is 1.61. The number of halogens is 3. The molecule has 4 nitrogen and oxygen atoms in total. The molecule has 2 amide bonds. The summed E-state index contributed by atoms with van der Waals surface area (Å²) in [5.41, 5.74) is 0.589. The third-order valence-corrected chi connectivity index (χ3v) is 4.80. The van der Waals surface area contributed by atoms with Gasteiger partial charge in [0.15, 0.2) is 0 Å². The molecule has 0 unspecified atom stereocenters. The minimum atomic E-state index is -0.743. The van der Waals surface area contributed by atoms with Crippen LogP contribution in [-0.4, -0.2) is 23.5 Å². The molecule has 3 rings (SSSR count). The molecule has 0 radical (unpaired) electrons. The summed E-state index contributed by atoms with van der Waals surface area (Å²) < 4.78 is 33.5. The first-order valence-corrected chi connectivity index (χ1v) is 8.86. The van der Waals surface area contributed by atoms with Crippen LogP contribution >= 0.6 is 15.9 Å². The highest BCUT2D eigenvalue weighted by Crippen LogP contribution is 2.32. The second-order valence-corrected chi connectivity index (χ2v) is 7.07. The van der Waals surface area contributed by atoms with Gasteiger partial charge in [0.05, 0.1) is 0 Å². The maximum absolute atomic E-state index is 14.1. The van der Waals surface area contributed by atoms with Gasteiger partial charge in [-0.2, -0.15) is 0 Å². The third kappa shape index (κ3) is 3.62. The van der Waals surface area contributed by atoms with Crippen molar-refractivity contribution in [1.29, 1.82) is 0 Å². The van der Waals surface area contributed by atoms with Crippen LogP contribution in [0.4, 0.5) is 13.6 Å². The number of hydrogen-bond acceptors (Lipinski definition) is 3. The molecule has 1 saturated heterocycles. The average molecular weight is 424 g/mol. The van der Waals surface area contributed by atoms with Crippen LogP contribution in [-0.2, 0) is 9.53 Å². The van der Waals surface area contributed by atoms with Gasteiger partial charge in [-0.3, -0.25) is 4.79 Å². The highest BCUT2D eigenvalue weighted by molar-refractivity contribution is 9.10. The summed E-state index contributed by atoms with van der Waals surface area (Å²) in [6.07, 6.45) is -0.957. The Morgan fingerprint density at radius 2 is 1.88 bits per heavy atom. The Morgan fingerprint density at radius 3 is 2.50 bits per heavy atom. The third-order valence-electron chi connectivity index (χ3n) is 4.34. The van der Waals surface area contributed by atoms with Crippen LogP contribution < -0.4 is 0 Å². The van der Waals surface area contributed by atoms with Crippen LogP contribution in [0.3, 0.4) is 0 Å². The molecule has 2 aromatic carbocycles. The smallest absolute Gasteiger partial charge is 0.417 e. The van der Waals surface area contributed by atoms with Crippen molar-refractivity contribution in [3.63, 3.8) is 0 Å². The first-order chi connectivity index (χ1) is 12.4. The number of nitrogens with zero attached hydrogens (tertiary/aromatic N) is 1. The lowest BCUT2D eigenvalue weighted by molar-refractivity contribution is -0.129. The monoisotopic (exact) mass is 423 g/mol. The van der Waals surface area contributed by atoms with E-state index in [2.05, 4.69) is 15.9 Å². The van der Waals surface area contributed by atoms with E-state index in [9.17, 15) is 18.4 Å². The van der Waals surface area contributed by atoms with Crippen LogP contribution in [0.1, 0.15) is 36.4 Å². The Bertz CT molecular complexity index is 821. The highest BCUT2D eigenvalue weighted by atomic mass is 79.9. The predicted molar refractivity (Wildman–Crippen MR) is 94.5 cm³/mol. The molecule has 1 fully saturated rings. The van der Waals surface area contributed by atoms with Crippen molar-refractivity contribution >= 4 is 27.9 Å². The molecule has 7 heteroatoms. The number of rotatable bonds is 4. The quantitative estimate of drug-likeness (QED) is 0.699. The summed E-state index contributed by atoms with van der Waals surface area (Å²) in [6, 6.07) is 10.8. The zero-order valence-corrected chi connectivity index (χ0v) is 15.5. The number of ether oxygens (including phenoxy) is 1. The first kappa shape index (κ1) is 18.5. The number of amides is 2. The predicted octanol–water partition coefficient (Wildman–Crippen LogP) is 4.94. The fourth-order valence-electron chi connectivity index (χ4n) is 3.10. The van der Waals surface area contributed by atoms with E-state index >= 15 is 0 Å². The Kier molecular flexibility index (Phi) is 5.36. The SMILES string of the molecule is C[C@H](CC(=O)N1C(=O)OC[C@H]1c1ccccc1)c1c(F)cc(Br)cc1F. The zero-order chi connectivity index (χ0) is 18.8. The molecule has 1 heterocycles. The summed E-state index contributed by atoms with van der Waals surface area (Å²) >= 11 is 3.03. The Labute approximate surface area is 157 Å². The van der Waals surface area contributed by atoms with Crippen molar-refractivity contribution in [2.24, 2.45) is 0 Å². The first-order valence-electron chi connectivity index (χ1n) is 8.06. The van der Waals surface area contributed by atoms with Gasteiger partial charge in [0, 0.05) is 16.5 Å². The van der Waals surface area contributed by atoms with E-state index in [1.54, 1.807) is 31.2 Å². The standard InChI is InChI=1S/C19H16BrF2NO3/c1-11(18-14(21)8-13(20)9-15(18)22)7-17(24)23-16(10-26-19(23)25)12-5-3-2-4-6-12/h2-6,8-9,11,16H,7,10H2,1H3/t11-,16+/m1/s1. The van der Waals surface area contributed by atoms with Crippen molar-refractivity contribution in [2.75, 3.05) is 6.61 Å². The fraction of sp³-hybridized carbons (Fsp3) is 0.263. The van der Waals surface area contributed by atoms with Crippen LogP contribution in [0, 0.1) is 11.6 Å². The molecule has 26 heavy (non-hydrogen) atoms. The summed E-state index contributed by atoms with van der Waals surface area (Å²) in [5, 5.41) is 0. The highest BCUT2D eigenvalue weighted by Gasteiger charge is 2.39. The van der Waals surface area contributed by atoms with Gasteiger partial charge in [-0.1, -0.05) is 53.2 Å². The van der Waals surface area contributed by atoms with E-state index in [0.717, 1.165) is 22.6 Å². The van der Waals surface area contributed by atoms with Crippen molar-refractivity contribution in [2.45, 2.75) is 25.3 Å². The average Bonchev–Trinajstić information content (AvgIpc) is 2.96. The molecule has 2 aromatic rings. The van der Waals surface area contributed by atoms with Gasteiger partial charge in [-0.05, 0) is 23.6 Å². The number of cyclic esters (lactones) is 1. The molecule has 136 valence electrons. The van der Waals surface area contributed by atoms with E-state index < -0.39 is 35.6 Å². The van der Waals surface area contributed by atoms with Crippen LogP contribution in [0.2, 0.25) is 0 Å². The van der Waals surface area contributed by atoms with Gasteiger partial charge < -0.3 is 4.74 Å². The molecule has 0 N–H and O–H groups in total. The lowest BCUT2D eigenvalue weighted by Crippen LogP contribution is -2.35. The van der Waals surface area contributed by atoms with Crippen molar-refractivity contribution in [1.82, 2.24) is 4.90 Å². The summed E-state index contributed by atoms with van der Waals surface area (Å²) in [5.74, 6) is -2.74. The Morgan fingerprint density at radius 1 is 1.27 bits per heavy atom. The zero-order valence-electron chi connectivity index (χ0n) is 13.9. The maximum Gasteiger partial charge on any atom is 0.417 e. The second kappa shape index (κ2) is 7.53. The number of imide groups is 1. The van der Waals surface area contributed by atoms with Crippen molar-refractivity contribution < 1.29 is 23.1 Å². The molecule has 0 bridgehead atoms. The Hall–Kier alpha value is -2.28. The molecule has 1 aliphatic heterocycles. The number of carbonyl (C=O) groups is 2. The van der Waals surface area contributed by atoms with Gasteiger partial charge >= 0.3 is 6.09 Å². The molecular weight excluding hydrogens is 408 g/mol. The van der Waals surface area contributed by atoms with E-state index in [1.165, 1.54) is 0 Å². The van der Waals surface area contributed by atoms with Crippen LogP contribution in [0.25, 0.3) is 0 Å². The topological polar surface area (TPSA) is 46.6 Å². The lowest BCUT2D eigenvalue weighted by Gasteiger charge is -2.22. The minimum absolute atomic E-state index is 0.0595. The molecule has 0 aliphatic carbocycles. The van der Waals surface area contributed by atoms with E-state index in [-0.39, 0.29) is 23.1 Å². The number of carbonyl (C=O) groups excluding carboxylic acids is 2. The van der Waals surface area contributed by atoms with E-state index in [0.29, 0.717) is 0 Å². The van der Waals surface area contributed by atoms with Crippen molar-refractivity contribution in [3.05, 3.63) is 69.7 Å². The summed E-state index contributed by atoms with van der Waals surface area (Å²) in [4.78, 5) is 25.7. The molecule has 0 spiro atoms. The normalized spacial score (nSPS) is 17.9. The lowest BCUT2D eigenvalue weighted by atomic mass is 9.95. The van der Waals surface area contributed by atoms with Gasteiger partial charge in [0.25, 0.3) is 0 Å². The molecule has 0 saturated carbocycles. The minimum Gasteiger partial charge on any atom is -0.446 e. The van der Waals surface area contributed by atoms with E-state index in [1.807, 2.05) is 6.07 Å². The largest absolute Gasteiger partial charge is 0.446 e. The number of benzene rings is 2. The van der Waals surface area contributed by atoms with Gasteiger partial charge in [0.2, 0.25) is 5.91 Å². The Balaban J connectivity index is 1.81. The molecule has 0 aromatic heterocycles. The van der Waals surface area contributed by atoms with Crippen molar-refractivity contribution in [3.8, 4) is 0 Å². The van der Waals surface area contributed by atoms with Gasteiger partial charge in [-0.15, -0.1) is 0 Å². The number of hydrogen-bond donors (Lipinski definition) is 0. The van der Waals surface area contributed by atoms with Gasteiger partial charge in [-0.25, -0.2) is 18.5 Å². The molecular formula is C19H16BrF2NO3. The van der Waals surface area contributed by atoms with Crippen LogP contribution in [0.15, 0.2) is 46.9 Å². The molecule has 2 atom stereocenters. The molecule has 1 aliphatic rings. The van der Waals surface area contributed by atoms with Crippen LogP contribution in [0.5, 0.6) is 0 Å². The van der Waals surface area contributed by atoms with E-state index in [4.69, 9.17) is 4.74 Å². The fourth-order valence-corrected chi connectivity index (χ4v) is 3.51. The van der Waals surface area contributed by atoms with Gasteiger partial charge in [0.1, 0.15) is 24.3 Å². The summed E-state index contributed by atoms with van der Waals surface area (Å²) in [7, 11) is 0. The second-order valence-electron chi connectivity index (χ2n) is 6.16.